The van der Waals surface area contributed by atoms with E-state index in [2.05, 4.69) is 5.16 Å². The van der Waals surface area contributed by atoms with Crippen LogP contribution in [0.15, 0.2) is 23.4 Å². The highest BCUT2D eigenvalue weighted by Gasteiger charge is 2.32. The van der Waals surface area contributed by atoms with Gasteiger partial charge in [0.1, 0.15) is 0 Å². The molecule has 7 nitrogen and oxygen atoms in total. The Bertz CT molecular complexity index is 579. The van der Waals surface area contributed by atoms with Gasteiger partial charge in [0.2, 0.25) is 5.36 Å². The van der Waals surface area contributed by atoms with Gasteiger partial charge in [-0.1, -0.05) is 5.16 Å². The molecular formula is C9H9N3O4. The predicted octanol–water partition coefficient (Wildman–Crippen LogP) is -0.115. The summed E-state index contributed by atoms with van der Waals surface area (Å²) in [6.07, 6.45) is 0. The molecule has 7 heteroatoms. The van der Waals surface area contributed by atoms with E-state index in [0.29, 0.717) is 4.74 Å². The average molecular weight is 223 g/mol. The van der Waals surface area contributed by atoms with Gasteiger partial charge >= 0.3 is 5.72 Å². The Balaban J connectivity index is 2.74. The van der Waals surface area contributed by atoms with E-state index in [0.717, 1.165) is 0 Å². The van der Waals surface area contributed by atoms with Crippen molar-refractivity contribution < 1.29 is 9.76 Å². The second-order valence-corrected chi connectivity index (χ2v) is 3.85. The molecule has 0 aliphatic carbocycles. The lowest BCUT2D eigenvalue weighted by atomic mass is 10.2. The molecular weight excluding hydrogens is 214 g/mol. The number of hydroxylamine groups is 1. The number of rotatable bonds is 1. The van der Waals surface area contributed by atoms with Crippen LogP contribution in [0.3, 0.4) is 0 Å². The van der Waals surface area contributed by atoms with Crippen molar-refractivity contribution >= 4 is 5.69 Å². The van der Waals surface area contributed by atoms with Gasteiger partial charge in [-0.25, -0.2) is 0 Å². The summed E-state index contributed by atoms with van der Waals surface area (Å²) in [7, 11) is 0. The maximum Gasteiger partial charge on any atom is 0.334 e. The molecule has 0 unspecified atom stereocenters. The zero-order valence-corrected chi connectivity index (χ0v) is 8.71. The Kier molecular flexibility index (Phi) is 2.04. The Morgan fingerprint density at radius 2 is 2.19 bits per heavy atom. The minimum Gasteiger partial charge on any atom is -0.620 e. The molecule has 1 aromatic carbocycles. The third-order valence-electron chi connectivity index (χ3n) is 2.25. The molecule has 0 N–H and O–H groups in total. The Hall–Kier alpha value is -2.18. The molecule has 0 spiro atoms. The molecule has 2 rings (SSSR count). The summed E-state index contributed by atoms with van der Waals surface area (Å²) < 4.78 is 0.638. The van der Waals surface area contributed by atoms with Gasteiger partial charge in [0.05, 0.1) is 11.0 Å². The average Bonchev–Trinajstić information content (AvgIpc) is 2.23. The molecule has 0 atom stereocenters. The second kappa shape index (κ2) is 3.16. The first-order valence-electron chi connectivity index (χ1n) is 4.57. The third-order valence-corrected chi connectivity index (χ3v) is 2.25. The molecule has 16 heavy (non-hydrogen) atoms. The molecule has 1 aromatic rings. The standard InChI is InChI=1S/C9H9N3O4/c1-9(2)11(13)8-4-3-6(12(14)15)5-7(8)10-16-9/h3-5H,1-2H3. The van der Waals surface area contributed by atoms with Crippen LogP contribution in [0.4, 0.5) is 5.69 Å². The van der Waals surface area contributed by atoms with E-state index in [1.807, 2.05) is 0 Å². The number of nitro groups is 1. The van der Waals surface area contributed by atoms with Crippen LogP contribution in [0, 0.1) is 15.3 Å². The highest BCUT2D eigenvalue weighted by molar-refractivity contribution is 5.28. The number of hydrogen-bond acceptors (Lipinski definition) is 5. The largest absolute Gasteiger partial charge is 0.620 e. The minimum atomic E-state index is -1.09. The SMILES string of the molecule is CC1(C)ON=c2cc([N+](=O)[O-])ccc2=[N+]1[O-]. The minimum absolute atomic E-state index is 0.126. The van der Waals surface area contributed by atoms with Crippen LogP contribution in [-0.4, -0.2) is 10.6 Å². The van der Waals surface area contributed by atoms with Gasteiger partial charge in [0.25, 0.3) is 5.69 Å². The fourth-order valence-corrected chi connectivity index (χ4v) is 1.36. The van der Waals surface area contributed by atoms with Crippen molar-refractivity contribution in [2.24, 2.45) is 5.16 Å². The summed E-state index contributed by atoms with van der Waals surface area (Å²) in [4.78, 5) is 14.9. The van der Waals surface area contributed by atoms with Crippen LogP contribution in [0.25, 0.3) is 0 Å². The van der Waals surface area contributed by atoms with E-state index < -0.39 is 10.6 Å². The number of nitrogens with zero attached hydrogens (tertiary/aromatic N) is 3. The normalized spacial score (nSPS) is 17.0. The highest BCUT2D eigenvalue weighted by atomic mass is 16.7. The lowest BCUT2D eigenvalue weighted by molar-refractivity contribution is -0.385. The first kappa shape index (κ1) is 10.3. The number of nitro benzene ring substituents is 1. The van der Waals surface area contributed by atoms with Gasteiger partial charge in [0.15, 0.2) is 5.36 Å². The van der Waals surface area contributed by atoms with Crippen molar-refractivity contribution in [2.45, 2.75) is 19.6 Å². The summed E-state index contributed by atoms with van der Waals surface area (Å²) in [6, 6.07) is 3.84. The van der Waals surface area contributed by atoms with Crippen molar-refractivity contribution in [2.75, 3.05) is 0 Å². The van der Waals surface area contributed by atoms with Crippen molar-refractivity contribution in [1.29, 1.82) is 0 Å². The van der Waals surface area contributed by atoms with Crippen LogP contribution < -0.4 is 15.5 Å². The van der Waals surface area contributed by atoms with E-state index in [4.69, 9.17) is 4.84 Å². The van der Waals surface area contributed by atoms with E-state index in [1.165, 1.54) is 18.2 Å². The summed E-state index contributed by atoms with van der Waals surface area (Å²) in [5.41, 5.74) is -1.22. The summed E-state index contributed by atoms with van der Waals surface area (Å²) in [6.45, 7) is 3.13. The molecule has 1 aliphatic rings. The van der Waals surface area contributed by atoms with Gasteiger partial charge in [0, 0.05) is 26.0 Å². The molecule has 84 valence electrons. The van der Waals surface area contributed by atoms with Crippen molar-refractivity contribution in [1.82, 2.24) is 4.74 Å². The van der Waals surface area contributed by atoms with Crippen molar-refractivity contribution in [3.8, 4) is 0 Å². The molecule has 0 saturated carbocycles. The quantitative estimate of drug-likeness (QED) is 0.287. The van der Waals surface area contributed by atoms with Gasteiger partial charge in [-0.05, 0) is 0 Å². The molecule has 0 fully saturated rings. The molecule has 0 radical (unpaired) electrons. The molecule has 1 aliphatic heterocycles. The fraction of sp³-hybridized carbons (Fsp3) is 0.333. The third kappa shape index (κ3) is 1.46. The molecule has 0 bridgehead atoms. The Morgan fingerprint density at radius 3 is 2.81 bits per heavy atom. The van der Waals surface area contributed by atoms with Crippen LogP contribution in [0.1, 0.15) is 13.8 Å². The van der Waals surface area contributed by atoms with E-state index in [1.54, 1.807) is 13.8 Å². The van der Waals surface area contributed by atoms with Crippen LogP contribution in [0.5, 0.6) is 0 Å². The van der Waals surface area contributed by atoms with Gasteiger partial charge in [-0.2, -0.15) is 4.74 Å². The number of hydrogen-bond donors (Lipinski definition) is 0. The lowest BCUT2D eigenvalue weighted by Gasteiger charge is -2.23. The zero-order chi connectivity index (χ0) is 11.9. The maximum atomic E-state index is 11.8. The number of benzene rings is 1. The number of fused-ring (bicyclic) bond motifs is 1. The fourth-order valence-electron chi connectivity index (χ4n) is 1.36. The molecule has 0 saturated heterocycles. The lowest BCUT2D eigenvalue weighted by Crippen LogP contribution is -2.52. The van der Waals surface area contributed by atoms with Crippen molar-refractivity contribution in [3.05, 3.63) is 44.2 Å². The molecule has 1 heterocycles. The summed E-state index contributed by atoms with van der Waals surface area (Å²) in [5, 5.41) is 26.4. The van der Waals surface area contributed by atoms with E-state index >= 15 is 0 Å². The number of non-ortho nitro benzene ring substituents is 1. The second-order valence-electron chi connectivity index (χ2n) is 3.85. The van der Waals surface area contributed by atoms with Gasteiger partial charge < -0.3 is 10.0 Å². The monoisotopic (exact) mass is 223 g/mol. The maximum absolute atomic E-state index is 11.8. The Morgan fingerprint density at radius 1 is 1.50 bits per heavy atom. The van der Waals surface area contributed by atoms with Gasteiger partial charge in [-0.15, -0.1) is 0 Å². The van der Waals surface area contributed by atoms with Gasteiger partial charge in [-0.3, -0.25) is 10.1 Å². The van der Waals surface area contributed by atoms with Crippen LogP contribution in [0.2, 0.25) is 0 Å². The van der Waals surface area contributed by atoms with Crippen LogP contribution in [-0.2, 0) is 4.84 Å². The Labute approximate surface area is 90.0 Å². The van der Waals surface area contributed by atoms with E-state index in [-0.39, 0.29) is 16.4 Å². The van der Waals surface area contributed by atoms with Crippen LogP contribution >= 0.6 is 0 Å². The first-order valence-corrected chi connectivity index (χ1v) is 4.57. The predicted molar refractivity (Wildman–Crippen MR) is 53.6 cm³/mol. The smallest absolute Gasteiger partial charge is 0.334 e. The first-order chi connectivity index (χ1) is 7.42. The van der Waals surface area contributed by atoms with Crippen molar-refractivity contribution in [3.63, 3.8) is 0 Å². The topological polar surface area (TPSA) is 90.8 Å². The molecule has 0 amide bonds. The zero-order valence-electron chi connectivity index (χ0n) is 8.71. The summed E-state index contributed by atoms with van der Waals surface area (Å²) in [5.74, 6) is 0. The molecule has 0 aromatic heterocycles. The van der Waals surface area contributed by atoms with E-state index in [9.17, 15) is 15.3 Å². The highest BCUT2D eigenvalue weighted by Crippen LogP contribution is 2.10. The summed E-state index contributed by atoms with van der Waals surface area (Å²) >= 11 is 0.